The molecule has 0 radical (unpaired) electrons. The second-order valence-electron chi connectivity index (χ2n) is 6.84. The first-order valence-corrected chi connectivity index (χ1v) is 11.7. The molecule has 0 aliphatic heterocycles. The zero-order valence-electron chi connectivity index (χ0n) is 18.7. The molecular formula is C24H28N6O2S. The van der Waals surface area contributed by atoms with Crippen LogP contribution < -0.4 is 21.3 Å². The molecule has 33 heavy (non-hydrogen) atoms. The summed E-state index contributed by atoms with van der Waals surface area (Å²) in [6, 6.07) is 15.3. The number of ether oxygens (including phenoxy) is 1. The number of hydrogen-bond acceptors (Lipinski definition) is 8. The van der Waals surface area contributed by atoms with E-state index in [1.54, 1.807) is 18.0 Å². The molecule has 4 N–H and O–H groups in total. The maximum absolute atomic E-state index is 11.6. The number of carbonyl (C=O) groups is 1. The summed E-state index contributed by atoms with van der Waals surface area (Å²) in [4.78, 5) is 21.5. The number of rotatable bonds is 12. The molecule has 3 aromatic rings. The Labute approximate surface area is 198 Å². The number of amides is 1. The molecule has 0 saturated carbocycles. The third-order valence-electron chi connectivity index (χ3n) is 4.47. The van der Waals surface area contributed by atoms with E-state index in [1.165, 1.54) is 6.08 Å². The van der Waals surface area contributed by atoms with Crippen molar-refractivity contribution in [1.29, 1.82) is 0 Å². The van der Waals surface area contributed by atoms with Gasteiger partial charge in [-0.05, 0) is 61.7 Å². The zero-order chi connectivity index (χ0) is 23.5. The van der Waals surface area contributed by atoms with Crippen molar-refractivity contribution in [2.24, 2.45) is 0 Å². The highest BCUT2D eigenvalue weighted by Gasteiger charge is 2.09. The Morgan fingerprint density at radius 2 is 1.85 bits per heavy atom. The van der Waals surface area contributed by atoms with Gasteiger partial charge in [0, 0.05) is 42.1 Å². The van der Waals surface area contributed by atoms with Gasteiger partial charge in [-0.15, -0.1) is 11.8 Å². The van der Waals surface area contributed by atoms with Crippen molar-refractivity contribution in [1.82, 2.24) is 9.97 Å². The number of aromatic nitrogens is 2. The van der Waals surface area contributed by atoms with Crippen molar-refractivity contribution in [2.45, 2.75) is 11.8 Å². The maximum Gasteiger partial charge on any atom is 0.247 e. The van der Waals surface area contributed by atoms with Crippen molar-refractivity contribution in [3.05, 3.63) is 67.4 Å². The minimum absolute atomic E-state index is 0.263. The second kappa shape index (κ2) is 12.5. The summed E-state index contributed by atoms with van der Waals surface area (Å²) in [6.07, 6.45) is 4.97. The van der Waals surface area contributed by atoms with E-state index in [2.05, 4.69) is 37.8 Å². The number of nitrogens with zero attached hydrogens (tertiary/aromatic N) is 2. The average Bonchev–Trinajstić information content (AvgIpc) is 2.83. The van der Waals surface area contributed by atoms with Crippen LogP contribution in [0.2, 0.25) is 0 Å². The molecule has 0 unspecified atom stereocenters. The van der Waals surface area contributed by atoms with Gasteiger partial charge in [0.25, 0.3) is 0 Å². The van der Waals surface area contributed by atoms with Gasteiger partial charge in [-0.1, -0.05) is 12.6 Å². The van der Waals surface area contributed by atoms with Crippen LogP contribution in [0.25, 0.3) is 0 Å². The number of hydrogen-bond donors (Lipinski definition) is 4. The van der Waals surface area contributed by atoms with E-state index in [0.29, 0.717) is 30.7 Å². The van der Waals surface area contributed by atoms with E-state index in [-0.39, 0.29) is 5.91 Å². The third-order valence-corrected chi connectivity index (χ3v) is 5.21. The standard InChI is InChI=1S/C24H28N6O2S/c1-4-22(31)27-19-7-6-8-20(15-19)28-23-21(33-3)16-26-24(30-23)29-18-11-9-17(10-12-18)25-13-14-32-5-2/h4,6-12,15-16,25H,1,5,13-14H2,2-3H3,(H,27,31)(H2,26,28,29,30). The van der Waals surface area contributed by atoms with Gasteiger partial charge < -0.3 is 26.0 Å². The predicted octanol–water partition coefficient (Wildman–Crippen LogP) is 5.26. The molecule has 0 bridgehead atoms. The number of benzene rings is 2. The first-order valence-electron chi connectivity index (χ1n) is 10.5. The summed E-state index contributed by atoms with van der Waals surface area (Å²) < 4.78 is 5.34. The lowest BCUT2D eigenvalue weighted by atomic mass is 10.2. The molecule has 1 aromatic heterocycles. The van der Waals surface area contributed by atoms with Crippen LogP contribution in [0.15, 0.2) is 72.3 Å². The van der Waals surface area contributed by atoms with Gasteiger partial charge in [-0.2, -0.15) is 4.98 Å². The molecule has 0 aliphatic rings. The Balaban J connectivity index is 1.69. The van der Waals surface area contributed by atoms with E-state index < -0.39 is 0 Å². The lowest BCUT2D eigenvalue weighted by Gasteiger charge is -2.13. The lowest BCUT2D eigenvalue weighted by Crippen LogP contribution is -2.09. The third kappa shape index (κ3) is 7.51. The minimum atomic E-state index is -0.263. The van der Waals surface area contributed by atoms with E-state index in [1.807, 2.05) is 61.7 Å². The minimum Gasteiger partial charge on any atom is -0.383 e. The van der Waals surface area contributed by atoms with E-state index >= 15 is 0 Å². The summed E-state index contributed by atoms with van der Waals surface area (Å²) in [5.74, 6) is 0.880. The second-order valence-corrected chi connectivity index (χ2v) is 7.68. The fourth-order valence-corrected chi connectivity index (χ4v) is 3.34. The van der Waals surface area contributed by atoms with Gasteiger partial charge in [0.2, 0.25) is 11.9 Å². The normalized spacial score (nSPS) is 10.4. The molecule has 8 nitrogen and oxygen atoms in total. The van der Waals surface area contributed by atoms with Crippen molar-refractivity contribution in [3.63, 3.8) is 0 Å². The number of anilines is 6. The van der Waals surface area contributed by atoms with Gasteiger partial charge in [0.1, 0.15) is 5.82 Å². The van der Waals surface area contributed by atoms with Crippen LogP contribution in [0.5, 0.6) is 0 Å². The maximum atomic E-state index is 11.6. The summed E-state index contributed by atoms with van der Waals surface area (Å²) in [5.41, 5.74) is 3.35. The SMILES string of the molecule is C=CC(=O)Nc1cccc(Nc2nc(Nc3ccc(NCCOCC)cc3)ncc2SC)c1. The summed E-state index contributed by atoms with van der Waals surface area (Å²) in [5, 5.41) is 12.6. The number of thioether (sulfide) groups is 1. The van der Waals surface area contributed by atoms with E-state index in [4.69, 9.17) is 4.74 Å². The average molecular weight is 465 g/mol. The Bertz CT molecular complexity index is 1070. The predicted molar refractivity (Wildman–Crippen MR) is 137 cm³/mol. The van der Waals surface area contributed by atoms with Gasteiger partial charge in [0.05, 0.1) is 11.5 Å². The van der Waals surface area contributed by atoms with Crippen LogP contribution in [0.3, 0.4) is 0 Å². The molecule has 0 spiro atoms. The monoisotopic (exact) mass is 464 g/mol. The highest BCUT2D eigenvalue weighted by molar-refractivity contribution is 7.98. The van der Waals surface area contributed by atoms with Gasteiger partial charge in [-0.25, -0.2) is 4.98 Å². The van der Waals surface area contributed by atoms with Crippen LogP contribution in [-0.2, 0) is 9.53 Å². The van der Waals surface area contributed by atoms with Crippen LogP contribution in [0, 0.1) is 0 Å². The van der Waals surface area contributed by atoms with E-state index in [9.17, 15) is 4.79 Å². The first kappa shape index (κ1) is 24.1. The van der Waals surface area contributed by atoms with Crippen LogP contribution in [0.4, 0.5) is 34.5 Å². The summed E-state index contributed by atoms with van der Waals surface area (Å²) >= 11 is 1.54. The highest BCUT2D eigenvalue weighted by atomic mass is 32.2. The smallest absolute Gasteiger partial charge is 0.247 e. The van der Waals surface area contributed by atoms with Gasteiger partial charge in [0.15, 0.2) is 0 Å². The fourth-order valence-electron chi connectivity index (χ4n) is 2.89. The first-order chi connectivity index (χ1) is 16.1. The van der Waals surface area contributed by atoms with Crippen molar-refractivity contribution in [2.75, 3.05) is 47.3 Å². The Morgan fingerprint density at radius 1 is 1.09 bits per heavy atom. The van der Waals surface area contributed by atoms with Gasteiger partial charge in [-0.3, -0.25) is 4.79 Å². The van der Waals surface area contributed by atoms with Gasteiger partial charge >= 0.3 is 0 Å². The molecule has 172 valence electrons. The zero-order valence-corrected chi connectivity index (χ0v) is 19.5. The number of nitrogens with one attached hydrogen (secondary N) is 4. The Hall–Kier alpha value is -3.56. The molecule has 0 saturated heterocycles. The summed E-state index contributed by atoms with van der Waals surface area (Å²) in [7, 11) is 0. The molecule has 0 atom stereocenters. The highest BCUT2D eigenvalue weighted by Crippen LogP contribution is 2.28. The Morgan fingerprint density at radius 3 is 2.58 bits per heavy atom. The molecule has 3 rings (SSSR count). The van der Waals surface area contributed by atoms with Crippen LogP contribution >= 0.6 is 11.8 Å². The topological polar surface area (TPSA) is 100 Å². The van der Waals surface area contributed by atoms with E-state index in [0.717, 1.165) is 28.5 Å². The molecule has 9 heteroatoms. The quantitative estimate of drug-likeness (QED) is 0.164. The molecule has 0 aliphatic carbocycles. The molecule has 2 aromatic carbocycles. The van der Waals surface area contributed by atoms with Crippen molar-refractivity contribution < 1.29 is 9.53 Å². The summed E-state index contributed by atoms with van der Waals surface area (Å²) in [6.45, 7) is 7.60. The van der Waals surface area contributed by atoms with Crippen LogP contribution in [-0.4, -0.2) is 41.9 Å². The molecule has 0 fully saturated rings. The fraction of sp³-hybridized carbons (Fsp3) is 0.208. The molecular weight excluding hydrogens is 436 g/mol. The number of carbonyl (C=O) groups excluding carboxylic acids is 1. The molecule has 1 amide bonds. The van der Waals surface area contributed by atoms with Crippen LogP contribution in [0.1, 0.15) is 6.92 Å². The van der Waals surface area contributed by atoms with Crippen molar-refractivity contribution >= 4 is 52.2 Å². The molecule has 1 heterocycles. The van der Waals surface area contributed by atoms with Crippen molar-refractivity contribution in [3.8, 4) is 0 Å². The largest absolute Gasteiger partial charge is 0.383 e. The Kier molecular flexibility index (Phi) is 9.10. The lowest BCUT2D eigenvalue weighted by molar-refractivity contribution is -0.111.